The summed E-state index contributed by atoms with van der Waals surface area (Å²) < 4.78 is 12.5. The van der Waals surface area contributed by atoms with E-state index in [1.165, 1.54) is 6.07 Å². The summed E-state index contributed by atoms with van der Waals surface area (Å²) in [5, 5.41) is 18.4. The molecule has 1 fully saturated rings. The van der Waals surface area contributed by atoms with Crippen LogP contribution in [0.25, 0.3) is 0 Å². The average Bonchev–Trinajstić information content (AvgIpc) is 3.17. The van der Waals surface area contributed by atoms with Crippen LogP contribution in [-0.4, -0.2) is 27.6 Å². The van der Waals surface area contributed by atoms with E-state index in [1.54, 1.807) is 36.1 Å². The van der Waals surface area contributed by atoms with Crippen LogP contribution >= 0.6 is 0 Å². The number of para-hydroxylation sites is 2. The van der Waals surface area contributed by atoms with Crippen LogP contribution < -0.4 is 5.32 Å². The number of hydrogen-bond donors (Lipinski definition) is 1. The van der Waals surface area contributed by atoms with Crippen LogP contribution in [0.15, 0.2) is 30.5 Å². The molecule has 1 N–H and O–H groups in total. The maximum atomic E-state index is 11.1. The molecule has 2 aromatic rings. The summed E-state index contributed by atoms with van der Waals surface area (Å²) in [6, 6.07) is 6.47. The summed E-state index contributed by atoms with van der Waals surface area (Å²) in [6.07, 6.45) is 1.21. The highest BCUT2D eigenvalue weighted by molar-refractivity contribution is 5.69. The number of ether oxygens (including phenoxy) is 2. The quantitative estimate of drug-likeness (QED) is 0.500. The zero-order chi connectivity index (χ0) is 15.7. The first-order valence-electron chi connectivity index (χ1n) is 6.91. The van der Waals surface area contributed by atoms with Gasteiger partial charge in [-0.3, -0.25) is 14.8 Å². The molecule has 0 amide bonds. The van der Waals surface area contributed by atoms with Crippen molar-refractivity contribution in [1.82, 2.24) is 9.78 Å². The number of nitro benzene ring substituents is 1. The molecule has 0 saturated carbocycles. The Morgan fingerprint density at radius 1 is 1.50 bits per heavy atom. The first-order valence-corrected chi connectivity index (χ1v) is 6.91. The van der Waals surface area contributed by atoms with Gasteiger partial charge in [-0.15, -0.1) is 0 Å². The Hall–Kier alpha value is -2.45. The average molecular weight is 304 g/mol. The van der Waals surface area contributed by atoms with Gasteiger partial charge in [0.25, 0.3) is 5.69 Å². The third kappa shape index (κ3) is 2.66. The van der Waals surface area contributed by atoms with E-state index in [0.29, 0.717) is 18.1 Å². The van der Waals surface area contributed by atoms with Gasteiger partial charge < -0.3 is 14.8 Å². The number of nitrogens with one attached hydrogen (secondary N) is 1. The minimum Gasteiger partial charge on any atom is -0.350 e. The van der Waals surface area contributed by atoms with Gasteiger partial charge in [-0.05, 0) is 13.0 Å². The van der Waals surface area contributed by atoms with Crippen molar-refractivity contribution < 1.29 is 14.4 Å². The Labute approximate surface area is 126 Å². The smallest absolute Gasteiger partial charge is 0.292 e. The van der Waals surface area contributed by atoms with Crippen molar-refractivity contribution >= 4 is 17.2 Å². The van der Waals surface area contributed by atoms with Gasteiger partial charge in [0, 0.05) is 25.3 Å². The number of aromatic nitrogens is 2. The van der Waals surface area contributed by atoms with Crippen LogP contribution in [0.4, 0.5) is 17.2 Å². The van der Waals surface area contributed by atoms with E-state index in [4.69, 9.17) is 9.47 Å². The van der Waals surface area contributed by atoms with Gasteiger partial charge >= 0.3 is 0 Å². The molecule has 1 saturated heterocycles. The first-order chi connectivity index (χ1) is 10.6. The number of anilines is 2. The SMILES string of the molecule is CCOC1OC1c1cnn(C)c1Nc1ccccc1[N+](=O)[O-]. The lowest BCUT2D eigenvalue weighted by Crippen LogP contribution is -2.04. The molecule has 2 unspecified atom stereocenters. The maximum Gasteiger partial charge on any atom is 0.292 e. The van der Waals surface area contributed by atoms with Crippen LogP contribution in [-0.2, 0) is 16.5 Å². The summed E-state index contributed by atoms with van der Waals surface area (Å²) >= 11 is 0. The van der Waals surface area contributed by atoms with Crippen LogP contribution in [0.2, 0.25) is 0 Å². The van der Waals surface area contributed by atoms with Gasteiger partial charge in [-0.25, -0.2) is 0 Å². The Balaban J connectivity index is 1.88. The molecule has 8 nitrogen and oxygen atoms in total. The predicted octanol–water partition coefficient (Wildman–Crippen LogP) is 2.51. The Morgan fingerprint density at radius 2 is 2.27 bits per heavy atom. The molecule has 116 valence electrons. The molecular formula is C14H16N4O4. The fourth-order valence-corrected chi connectivity index (χ4v) is 2.29. The molecule has 2 atom stereocenters. The highest BCUT2D eigenvalue weighted by Gasteiger charge is 2.44. The molecule has 0 bridgehead atoms. The van der Waals surface area contributed by atoms with Crippen molar-refractivity contribution in [2.75, 3.05) is 11.9 Å². The summed E-state index contributed by atoms with van der Waals surface area (Å²) in [4.78, 5) is 10.7. The summed E-state index contributed by atoms with van der Waals surface area (Å²) in [7, 11) is 1.76. The standard InChI is InChI=1S/C14H16N4O4/c1-3-21-14-12(22-14)9-8-15-17(2)13(9)16-10-6-4-5-7-11(10)18(19)20/h4-8,12,14,16H,3H2,1-2H3. The number of epoxide rings is 1. The summed E-state index contributed by atoms with van der Waals surface area (Å²) in [5.74, 6) is 0.654. The van der Waals surface area contributed by atoms with E-state index in [9.17, 15) is 10.1 Å². The van der Waals surface area contributed by atoms with Gasteiger partial charge in [0.05, 0.1) is 11.1 Å². The number of nitrogens with zero attached hydrogens (tertiary/aromatic N) is 3. The Bertz CT molecular complexity index is 700. The van der Waals surface area contributed by atoms with Crippen LogP contribution in [0.1, 0.15) is 18.6 Å². The molecule has 3 rings (SSSR count). The number of aryl methyl sites for hydroxylation is 1. The second kappa shape index (κ2) is 5.74. The Morgan fingerprint density at radius 3 is 3.00 bits per heavy atom. The van der Waals surface area contributed by atoms with Gasteiger partial charge in [-0.1, -0.05) is 12.1 Å². The fraction of sp³-hybridized carbons (Fsp3) is 0.357. The van der Waals surface area contributed by atoms with Crippen molar-refractivity contribution in [3.63, 3.8) is 0 Å². The summed E-state index contributed by atoms with van der Waals surface area (Å²) in [5.41, 5.74) is 1.23. The molecular weight excluding hydrogens is 288 g/mol. The van der Waals surface area contributed by atoms with Crippen molar-refractivity contribution in [2.45, 2.75) is 19.3 Å². The monoisotopic (exact) mass is 304 g/mol. The van der Waals surface area contributed by atoms with E-state index < -0.39 is 4.92 Å². The third-order valence-corrected chi connectivity index (χ3v) is 3.41. The molecule has 0 radical (unpaired) electrons. The molecule has 22 heavy (non-hydrogen) atoms. The summed E-state index contributed by atoms with van der Waals surface area (Å²) in [6.45, 7) is 2.46. The van der Waals surface area contributed by atoms with E-state index >= 15 is 0 Å². The molecule has 2 heterocycles. The topological polar surface area (TPSA) is 94.8 Å². The highest BCUT2D eigenvalue weighted by Crippen LogP contribution is 2.43. The van der Waals surface area contributed by atoms with Gasteiger partial charge in [0.1, 0.15) is 17.6 Å². The fourth-order valence-electron chi connectivity index (χ4n) is 2.29. The van der Waals surface area contributed by atoms with E-state index in [2.05, 4.69) is 10.4 Å². The Kier molecular flexibility index (Phi) is 3.78. The lowest BCUT2D eigenvalue weighted by atomic mass is 10.2. The van der Waals surface area contributed by atoms with Gasteiger partial charge in [0.15, 0.2) is 6.29 Å². The van der Waals surface area contributed by atoms with Gasteiger partial charge in [-0.2, -0.15) is 5.10 Å². The minimum absolute atomic E-state index is 0.00715. The van der Waals surface area contributed by atoms with Crippen LogP contribution in [0.5, 0.6) is 0 Å². The normalized spacial score (nSPS) is 19.9. The first kappa shape index (κ1) is 14.5. The molecule has 0 spiro atoms. The lowest BCUT2D eigenvalue weighted by Gasteiger charge is -2.09. The zero-order valence-electron chi connectivity index (χ0n) is 12.2. The van der Waals surface area contributed by atoms with Gasteiger partial charge in [0.2, 0.25) is 0 Å². The third-order valence-electron chi connectivity index (χ3n) is 3.41. The molecule has 1 aromatic heterocycles. The van der Waals surface area contributed by atoms with E-state index in [-0.39, 0.29) is 18.1 Å². The largest absolute Gasteiger partial charge is 0.350 e. The second-order valence-corrected chi connectivity index (χ2v) is 4.85. The number of nitro groups is 1. The lowest BCUT2D eigenvalue weighted by molar-refractivity contribution is -0.383. The second-order valence-electron chi connectivity index (χ2n) is 4.85. The van der Waals surface area contributed by atoms with Crippen LogP contribution in [0.3, 0.4) is 0 Å². The minimum atomic E-state index is -0.422. The van der Waals surface area contributed by atoms with Crippen molar-refractivity contribution in [2.24, 2.45) is 7.05 Å². The predicted molar refractivity (Wildman–Crippen MR) is 78.8 cm³/mol. The maximum absolute atomic E-state index is 11.1. The number of rotatable bonds is 6. The molecule has 8 heteroatoms. The molecule has 1 aromatic carbocycles. The van der Waals surface area contributed by atoms with Crippen molar-refractivity contribution in [1.29, 1.82) is 0 Å². The van der Waals surface area contributed by atoms with Crippen molar-refractivity contribution in [3.05, 3.63) is 46.1 Å². The van der Waals surface area contributed by atoms with E-state index in [0.717, 1.165) is 5.56 Å². The number of hydrogen-bond acceptors (Lipinski definition) is 6. The van der Waals surface area contributed by atoms with Crippen molar-refractivity contribution in [3.8, 4) is 0 Å². The molecule has 1 aliphatic heterocycles. The molecule has 0 aliphatic carbocycles. The zero-order valence-corrected chi connectivity index (χ0v) is 12.2. The van der Waals surface area contributed by atoms with Crippen LogP contribution in [0, 0.1) is 10.1 Å². The molecule has 1 aliphatic rings. The van der Waals surface area contributed by atoms with E-state index in [1.807, 2.05) is 6.92 Å². The number of benzene rings is 1. The highest BCUT2D eigenvalue weighted by atomic mass is 16.8.